The number of nitrogens with zero attached hydrogens (tertiary/aromatic N) is 1. The molecule has 1 amide bonds. The van der Waals surface area contributed by atoms with Gasteiger partial charge in [-0.3, -0.25) is 9.78 Å². The SMILES string of the molecule is CCCOc1ccc(CCC(=O)NCc2ccc(C3CC3)nc2)cc1. The minimum atomic E-state index is 0.0672. The van der Waals surface area contributed by atoms with Gasteiger partial charge in [-0.1, -0.05) is 25.1 Å². The van der Waals surface area contributed by atoms with Crippen LogP contribution in [0.4, 0.5) is 0 Å². The first-order valence-electron chi connectivity index (χ1n) is 9.18. The van der Waals surface area contributed by atoms with Crippen LogP contribution in [-0.4, -0.2) is 17.5 Å². The lowest BCUT2D eigenvalue weighted by molar-refractivity contribution is -0.121. The van der Waals surface area contributed by atoms with E-state index in [1.165, 1.54) is 18.5 Å². The van der Waals surface area contributed by atoms with E-state index in [2.05, 4.69) is 29.4 Å². The molecule has 25 heavy (non-hydrogen) atoms. The van der Waals surface area contributed by atoms with Crippen LogP contribution < -0.4 is 10.1 Å². The molecule has 0 spiro atoms. The first kappa shape index (κ1) is 17.5. The van der Waals surface area contributed by atoms with Crippen molar-refractivity contribution in [2.75, 3.05) is 6.61 Å². The maximum absolute atomic E-state index is 12.0. The second-order valence-corrected chi connectivity index (χ2v) is 6.63. The van der Waals surface area contributed by atoms with Gasteiger partial charge in [-0.05, 0) is 55.0 Å². The highest BCUT2D eigenvalue weighted by atomic mass is 16.5. The predicted octanol–water partition coefficient (Wildman–Crippen LogP) is 4.00. The molecule has 1 heterocycles. The van der Waals surface area contributed by atoms with E-state index >= 15 is 0 Å². The fraction of sp³-hybridized carbons (Fsp3) is 0.429. The lowest BCUT2D eigenvalue weighted by Crippen LogP contribution is -2.23. The number of rotatable bonds is 9. The van der Waals surface area contributed by atoms with Crippen LogP contribution in [0.3, 0.4) is 0 Å². The van der Waals surface area contributed by atoms with E-state index in [4.69, 9.17) is 4.74 Å². The molecule has 1 aromatic carbocycles. The molecule has 4 heteroatoms. The molecule has 1 saturated carbocycles. The van der Waals surface area contributed by atoms with Crippen molar-refractivity contribution in [2.45, 2.75) is 51.5 Å². The Kier molecular flexibility index (Phi) is 6.04. The minimum absolute atomic E-state index is 0.0672. The van der Waals surface area contributed by atoms with Gasteiger partial charge in [0.1, 0.15) is 5.75 Å². The standard InChI is InChI=1S/C21H26N2O2/c1-2-13-25-19-9-3-16(4-10-19)6-12-21(24)23-15-17-5-11-20(22-14-17)18-7-8-18/h3-5,9-11,14,18H,2,6-8,12-13,15H2,1H3,(H,23,24). The number of pyridine rings is 1. The molecule has 1 aliphatic carbocycles. The Hall–Kier alpha value is -2.36. The van der Waals surface area contributed by atoms with Crippen LogP contribution in [-0.2, 0) is 17.8 Å². The minimum Gasteiger partial charge on any atom is -0.494 e. The molecule has 0 aliphatic heterocycles. The summed E-state index contributed by atoms with van der Waals surface area (Å²) in [6.45, 7) is 3.36. The van der Waals surface area contributed by atoms with E-state index in [1.807, 2.05) is 30.5 Å². The molecular formula is C21H26N2O2. The average molecular weight is 338 g/mol. The van der Waals surface area contributed by atoms with Crippen LogP contribution in [0.5, 0.6) is 5.75 Å². The van der Waals surface area contributed by atoms with Gasteiger partial charge in [-0.25, -0.2) is 0 Å². The quantitative estimate of drug-likeness (QED) is 0.752. The Morgan fingerprint density at radius 2 is 1.92 bits per heavy atom. The van der Waals surface area contributed by atoms with Crippen LogP contribution in [0.2, 0.25) is 0 Å². The number of benzene rings is 1. The third kappa shape index (κ3) is 5.59. The summed E-state index contributed by atoms with van der Waals surface area (Å²) in [7, 11) is 0. The molecule has 3 rings (SSSR count). The Morgan fingerprint density at radius 3 is 2.56 bits per heavy atom. The van der Waals surface area contributed by atoms with Crippen LogP contribution in [0.15, 0.2) is 42.6 Å². The molecule has 0 bridgehead atoms. The summed E-state index contributed by atoms with van der Waals surface area (Å²) in [6, 6.07) is 12.1. The zero-order chi connectivity index (χ0) is 17.5. The third-order valence-corrected chi connectivity index (χ3v) is 4.37. The van der Waals surface area contributed by atoms with Gasteiger partial charge in [0, 0.05) is 30.8 Å². The maximum Gasteiger partial charge on any atom is 0.220 e. The van der Waals surface area contributed by atoms with Gasteiger partial charge in [0.2, 0.25) is 5.91 Å². The van der Waals surface area contributed by atoms with Crippen LogP contribution in [0.1, 0.15) is 55.3 Å². The van der Waals surface area contributed by atoms with Gasteiger partial charge in [0.05, 0.1) is 6.61 Å². The molecule has 1 fully saturated rings. The molecule has 2 aromatic rings. The Bertz CT molecular complexity index is 676. The van der Waals surface area contributed by atoms with Crippen molar-refractivity contribution in [3.05, 3.63) is 59.4 Å². The van der Waals surface area contributed by atoms with Crippen molar-refractivity contribution in [3.8, 4) is 5.75 Å². The van der Waals surface area contributed by atoms with Gasteiger partial charge >= 0.3 is 0 Å². The summed E-state index contributed by atoms with van der Waals surface area (Å²) in [4.78, 5) is 16.5. The summed E-state index contributed by atoms with van der Waals surface area (Å²) in [5.74, 6) is 1.62. The number of ether oxygens (including phenoxy) is 1. The highest BCUT2D eigenvalue weighted by molar-refractivity contribution is 5.76. The Morgan fingerprint density at radius 1 is 1.16 bits per heavy atom. The van der Waals surface area contributed by atoms with Crippen molar-refractivity contribution in [1.29, 1.82) is 0 Å². The fourth-order valence-electron chi connectivity index (χ4n) is 2.68. The van der Waals surface area contributed by atoms with E-state index in [-0.39, 0.29) is 5.91 Å². The van der Waals surface area contributed by atoms with Crippen LogP contribution >= 0.6 is 0 Å². The van der Waals surface area contributed by atoms with Gasteiger partial charge in [-0.2, -0.15) is 0 Å². The molecule has 1 N–H and O–H groups in total. The maximum atomic E-state index is 12.0. The lowest BCUT2D eigenvalue weighted by Gasteiger charge is -2.07. The molecule has 132 valence electrons. The Balaban J connectivity index is 1.38. The number of carbonyl (C=O) groups excluding carboxylic acids is 1. The van der Waals surface area contributed by atoms with E-state index in [1.54, 1.807) is 0 Å². The summed E-state index contributed by atoms with van der Waals surface area (Å²) < 4.78 is 5.57. The number of carbonyl (C=O) groups is 1. The number of hydrogen-bond acceptors (Lipinski definition) is 3. The van der Waals surface area contributed by atoms with E-state index < -0.39 is 0 Å². The van der Waals surface area contributed by atoms with E-state index in [9.17, 15) is 4.79 Å². The normalized spacial score (nSPS) is 13.5. The highest BCUT2D eigenvalue weighted by Crippen LogP contribution is 2.38. The lowest BCUT2D eigenvalue weighted by atomic mass is 10.1. The largest absolute Gasteiger partial charge is 0.494 e. The van der Waals surface area contributed by atoms with Crippen molar-refractivity contribution < 1.29 is 9.53 Å². The summed E-state index contributed by atoms with van der Waals surface area (Å²) in [6.07, 6.45) is 6.62. The van der Waals surface area contributed by atoms with Gasteiger partial charge in [0.25, 0.3) is 0 Å². The van der Waals surface area contributed by atoms with Crippen molar-refractivity contribution in [2.24, 2.45) is 0 Å². The molecule has 0 radical (unpaired) electrons. The zero-order valence-electron chi connectivity index (χ0n) is 14.8. The third-order valence-electron chi connectivity index (χ3n) is 4.37. The van der Waals surface area contributed by atoms with Crippen molar-refractivity contribution >= 4 is 5.91 Å². The average Bonchev–Trinajstić information content (AvgIpc) is 3.49. The summed E-state index contributed by atoms with van der Waals surface area (Å²) >= 11 is 0. The molecular weight excluding hydrogens is 312 g/mol. The van der Waals surface area contributed by atoms with Crippen molar-refractivity contribution in [1.82, 2.24) is 10.3 Å². The molecule has 0 atom stereocenters. The molecule has 1 aliphatic rings. The zero-order valence-corrected chi connectivity index (χ0v) is 14.8. The fourth-order valence-corrected chi connectivity index (χ4v) is 2.68. The molecule has 0 unspecified atom stereocenters. The summed E-state index contributed by atoms with van der Waals surface area (Å²) in [5.41, 5.74) is 3.38. The number of amides is 1. The topological polar surface area (TPSA) is 51.2 Å². The number of aromatic nitrogens is 1. The van der Waals surface area contributed by atoms with Gasteiger partial charge in [0.15, 0.2) is 0 Å². The van der Waals surface area contributed by atoms with Crippen LogP contribution in [0.25, 0.3) is 0 Å². The number of nitrogens with one attached hydrogen (secondary N) is 1. The Labute approximate surface area is 149 Å². The highest BCUT2D eigenvalue weighted by Gasteiger charge is 2.24. The van der Waals surface area contributed by atoms with Gasteiger partial charge < -0.3 is 10.1 Å². The van der Waals surface area contributed by atoms with E-state index in [0.717, 1.165) is 36.3 Å². The first-order chi connectivity index (χ1) is 12.2. The van der Waals surface area contributed by atoms with Crippen molar-refractivity contribution in [3.63, 3.8) is 0 Å². The van der Waals surface area contributed by atoms with Crippen LogP contribution in [0, 0.1) is 0 Å². The number of hydrogen-bond donors (Lipinski definition) is 1. The predicted molar refractivity (Wildman–Crippen MR) is 98.6 cm³/mol. The smallest absolute Gasteiger partial charge is 0.220 e. The van der Waals surface area contributed by atoms with Gasteiger partial charge in [-0.15, -0.1) is 0 Å². The number of aryl methyl sites for hydroxylation is 1. The second kappa shape index (κ2) is 8.65. The molecule has 1 aromatic heterocycles. The first-order valence-corrected chi connectivity index (χ1v) is 9.18. The molecule has 0 saturated heterocycles. The molecule has 4 nitrogen and oxygen atoms in total. The second-order valence-electron chi connectivity index (χ2n) is 6.63. The monoisotopic (exact) mass is 338 g/mol. The van der Waals surface area contributed by atoms with E-state index in [0.29, 0.717) is 18.9 Å². The summed E-state index contributed by atoms with van der Waals surface area (Å²) in [5, 5.41) is 2.97.